The maximum absolute atomic E-state index is 12.1. The van der Waals surface area contributed by atoms with Gasteiger partial charge in [-0.1, -0.05) is 12.1 Å². The number of nitrogens with zero attached hydrogens (tertiary/aromatic N) is 1. The van der Waals surface area contributed by atoms with E-state index in [1.54, 1.807) is 30.3 Å². The van der Waals surface area contributed by atoms with Crippen LogP contribution in [0.25, 0.3) is 6.08 Å². The van der Waals surface area contributed by atoms with Gasteiger partial charge < -0.3 is 10.1 Å². The summed E-state index contributed by atoms with van der Waals surface area (Å²) < 4.78 is 4.46. The van der Waals surface area contributed by atoms with Crippen LogP contribution in [0.1, 0.15) is 12.5 Å². The Morgan fingerprint density at radius 3 is 2.48 bits per heavy atom. The van der Waals surface area contributed by atoms with Gasteiger partial charge in [-0.3, -0.25) is 24.1 Å². The lowest BCUT2D eigenvalue weighted by molar-refractivity contribution is -0.143. The lowest BCUT2D eigenvalue weighted by atomic mass is 10.2. The molecule has 1 fully saturated rings. The molecule has 0 unspecified atom stereocenters. The minimum atomic E-state index is -0.659. The van der Waals surface area contributed by atoms with Crippen LogP contribution < -0.4 is 5.32 Å². The van der Waals surface area contributed by atoms with E-state index < -0.39 is 23.7 Å². The Morgan fingerprint density at radius 1 is 1.26 bits per heavy atom. The van der Waals surface area contributed by atoms with Gasteiger partial charge in [-0.25, -0.2) is 0 Å². The number of rotatable bonds is 4. The highest BCUT2D eigenvalue weighted by Gasteiger charge is 2.36. The van der Waals surface area contributed by atoms with Crippen LogP contribution >= 0.6 is 11.8 Å². The first-order chi connectivity index (χ1) is 10.9. The zero-order valence-corrected chi connectivity index (χ0v) is 13.3. The van der Waals surface area contributed by atoms with Crippen LogP contribution in [0.3, 0.4) is 0 Å². The fourth-order valence-electron chi connectivity index (χ4n) is 1.85. The largest absolute Gasteiger partial charge is 0.468 e. The summed E-state index contributed by atoms with van der Waals surface area (Å²) in [6.45, 7) is 1.01. The van der Waals surface area contributed by atoms with E-state index in [0.717, 1.165) is 16.7 Å². The fourth-order valence-corrected chi connectivity index (χ4v) is 2.69. The molecule has 0 atom stereocenters. The van der Waals surface area contributed by atoms with Gasteiger partial charge in [0.25, 0.3) is 11.1 Å². The number of hydrogen-bond acceptors (Lipinski definition) is 6. The molecule has 1 aliphatic heterocycles. The molecule has 1 heterocycles. The van der Waals surface area contributed by atoms with Crippen LogP contribution in [0.4, 0.5) is 10.5 Å². The van der Waals surface area contributed by atoms with Crippen LogP contribution in [-0.4, -0.2) is 41.6 Å². The summed E-state index contributed by atoms with van der Waals surface area (Å²) in [6.07, 6.45) is 1.56. The van der Waals surface area contributed by atoms with Crippen molar-refractivity contribution in [2.75, 3.05) is 19.0 Å². The molecule has 3 amide bonds. The summed E-state index contributed by atoms with van der Waals surface area (Å²) in [4.78, 5) is 47.2. The molecule has 0 aliphatic carbocycles. The molecule has 0 radical (unpaired) electrons. The lowest BCUT2D eigenvalue weighted by Crippen LogP contribution is -2.34. The van der Waals surface area contributed by atoms with Crippen molar-refractivity contribution in [3.05, 3.63) is 34.7 Å². The van der Waals surface area contributed by atoms with Gasteiger partial charge in [-0.05, 0) is 35.5 Å². The summed E-state index contributed by atoms with van der Waals surface area (Å²) in [5.74, 6) is -1.37. The molecule has 0 saturated carbocycles. The number of carbonyl (C=O) groups is 4. The number of benzene rings is 1. The quantitative estimate of drug-likeness (QED) is 0.667. The molecule has 120 valence electrons. The van der Waals surface area contributed by atoms with Crippen molar-refractivity contribution in [3.63, 3.8) is 0 Å². The smallest absolute Gasteiger partial charge is 0.325 e. The van der Waals surface area contributed by atoms with Crippen molar-refractivity contribution in [1.29, 1.82) is 0 Å². The van der Waals surface area contributed by atoms with Crippen molar-refractivity contribution in [2.24, 2.45) is 0 Å². The zero-order valence-electron chi connectivity index (χ0n) is 12.5. The third-order valence-electron chi connectivity index (χ3n) is 2.92. The van der Waals surface area contributed by atoms with Crippen LogP contribution in [0, 0.1) is 0 Å². The summed E-state index contributed by atoms with van der Waals surface area (Å²) in [7, 11) is 1.19. The third kappa shape index (κ3) is 4.19. The van der Waals surface area contributed by atoms with Gasteiger partial charge in [-0.15, -0.1) is 0 Å². The van der Waals surface area contributed by atoms with E-state index in [2.05, 4.69) is 10.1 Å². The van der Waals surface area contributed by atoms with Gasteiger partial charge in [0.15, 0.2) is 0 Å². The summed E-state index contributed by atoms with van der Waals surface area (Å²) in [5.41, 5.74) is 1.33. The number of esters is 1. The molecule has 1 saturated heterocycles. The predicted octanol–water partition coefficient (Wildman–Crippen LogP) is 1.85. The maximum Gasteiger partial charge on any atom is 0.325 e. The molecule has 2 rings (SSSR count). The van der Waals surface area contributed by atoms with E-state index in [0.29, 0.717) is 11.3 Å². The van der Waals surface area contributed by atoms with E-state index >= 15 is 0 Å². The van der Waals surface area contributed by atoms with E-state index in [1.807, 2.05) is 0 Å². The number of amides is 3. The van der Waals surface area contributed by atoms with Crippen molar-refractivity contribution in [1.82, 2.24) is 4.90 Å². The Morgan fingerprint density at radius 2 is 1.91 bits per heavy atom. The molecule has 0 aromatic heterocycles. The molecule has 1 aliphatic rings. The van der Waals surface area contributed by atoms with Crippen molar-refractivity contribution < 1.29 is 23.9 Å². The van der Waals surface area contributed by atoms with Gasteiger partial charge in [0.05, 0.1) is 12.0 Å². The minimum Gasteiger partial charge on any atom is -0.468 e. The minimum absolute atomic E-state index is 0.179. The van der Waals surface area contributed by atoms with Crippen LogP contribution in [0.5, 0.6) is 0 Å². The first kappa shape index (κ1) is 16.8. The van der Waals surface area contributed by atoms with Gasteiger partial charge in [0, 0.05) is 12.6 Å². The second-order valence-electron chi connectivity index (χ2n) is 4.65. The van der Waals surface area contributed by atoms with Crippen LogP contribution in [-0.2, 0) is 19.1 Å². The van der Waals surface area contributed by atoms with Crippen molar-refractivity contribution in [3.8, 4) is 0 Å². The van der Waals surface area contributed by atoms with Crippen LogP contribution in [0.2, 0.25) is 0 Å². The number of anilines is 1. The molecule has 1 aromatic rings. The average molecular weight is 334 g/mol. The molecular weight excluding hydrogens is 320 g/mol. The molecule has 7 nitrogen and oxygen atoms in total. The summed E-state index contributed by atoms with van der Waals surface area (Å²) in [5, 5.41) is 2.12. The molecule has 8 heteroatoms. The summed E-state index contributed by atoms with van der Waals surface area (Å²) >= 11 is 0.765. The van der Waals surface area contributed by atoms with Gasteiger partial charge in [-0.2, -0.15) is 0 Å². The van der Waals surface area contributed by atoms with E-state index in [4.69, 9.17) is 0 Å². The van der Waals surface area contributed by atoms with Crippen molar-refractivity contribution in [2.45, 2.75) is 6.92 Å². The standard InChI is InChI=1S/C15H14N2O5S/c1-9(18)16-11-5-3-10(4-6-11)7-12-14(20)17(15(21)23-12)8-13(19)22-2/h3-7H,8H2,1-2H3,(H,16,18)/b12-7-. The van der Waals surface area contributed by atoms with E-state index in [9.17, 15) is 19.2 Å². The number of hydrogen-bond donors (Lipinski definition) is 1. The first-order valence-corrected chi connectivity index (χ1v) is 7.42. The summed E-state index contributed by atoms with van der Waals surface area (Å²) in [6, 6.07) is 6.79. The highest BCUT2D eigenvalue weighted by Crippen LogP contribution is 2.32. The maximum atomic E-state index is 12.1. The predicted molar refractivity (Wildman–Crippen MR) is 85.4 cm³/mol. The highest BCUT2D eigenvalue weighted by molar-refractivity contribution is 8.18. The fraction of sp³-hybridized carbons (Fsp3) is 0.200. The van der Waals surface area contributed by atoms with Crippen LogP contribution in [0.15, 0.2) is 29.2 Å². The molecule has 0 bridgehead atoms. The third-order valence-corrected chi connectivity index (χ3v) is 3.82. The Kier molecular flexibility index (Phi) is 5.17. The van der Waals surface area contributed by atoms with Gasteiger partial charge in [0.2, 0.25) is 5.91 Å². The normalized spacial score (nSPS) is 15.9. The Balaban J connectivity index is 2.13. The number of carbonyl (C=O) groups excluding carboxylic acids is 4. The first-order valence-electron chi connectivity index (χ1n) is 6.60. The Labute approximate surface area is 136 Å². The molecular formula is C15H14N2O5S. The number of nitrogens with one attached hydrogen (secondary N) is 1. The zero-order chi connectivity index (χ0) is 17.0. The second-order valence-corrected chi connectivity index (χ2v) is 5.64. The number of imide groups is 1. The van der Waals surface area contributed by atoms with E-state index in [1.165, 1.54) is 14.0 Å². The average Bonchev–Trinajstić information content (AvgIpc) is 2.76. The number of thioether (sulfide) groups is 1. The lowest BCUT2D eigenvalue weighted by Gasteiger charge is -2.09. The number of methoxy groups -OCH3 is 1. The van der Waals surface area contributed by atoms with Crippen molar-refractivity contribution >= 4 is 46.5 Å². The monoisotopic (exact) mass is 334 g/mol. The number of ether oxygens (including phenoxy) is 1. The molecule has 1 aromatic carbocycles. The molecule has 0 spiro atoms. The molecule has 23 heavy (non-hydrogen) atoms. The van der Waals surface area contributed by atoms with Gasteiger partial charge >= 0.3 is 5.97 Å². The van der Waals surface area contributed by atoms with Gasteiger partial charge in [0.1, 0.15) is 6.54 Å². The van der Waals surface area contributed by atoms with E-state index in [-0.39, 0.29) is 10.8 Å². The topological polar surface area (TPSA) is 92.8 Å². The Hall–Kier alpha value is -2.61. The Bertz CT molecular complexity index is 696. The second kappa shape index (κ2) is 7.10. The highest BCUT2D eigenvalue weighted by atomic mass is 32.2. The SMILES string of the molecule is COC(=O)CN1C(=O)S/C(=C\c2ccc(NC(C)=O)cc2)C1=O. The molecule has 1 N–H and O–H groups in total.